The Morgan fingerprint density at radius 2 is 1.89 bits per heavy atom. The number of esters is 2. The second-order valence-corrected chi connectivity index (χ2v) is 9.30. The smallest absolute Gasteiger partial charge is 0.338 e. The number of benzene rings is 2. The van der Waals surface area contributed by atoms with E-state index in [9.17, 15) is 14.4 Å². The summed E-state index contributed by atoms with van der Waals surface area (Å²) < 4.78 is 17.7. The summed E-state index contributed by atoms with van der Waals surface area (Å²) >= 11 is 7.28. The van der Waals surface area contributed by atoms with Crippen LogP contribution in [0.25, 0.3) is 6.08 Å². The fourth-order valence-corrected chi connectivity index (χ4v) is 5.10. The van der Waals surface area contributed by atoms with E-state index in [0.717, 1.165) is 0 Å². The first kappa shape index (κ1) is 25.4. The van der Waals surface area contributed by atoms with Crippen LogP contribution in [0.3, 0.4) is 0 Å². The molecule has 0 aliphatic carbocycles. The fraction of sp³-hybridized carbons (Fsp3) is 0.231. The number of nitrogens with zero attached hydrogens (tertiary/aromatic N) is 2. The van der Waals surface area contributed by atoms with E-state index in [0.29, 0.717) is 49.3 Å². The standard InChI is InChI=1S/C26H23ClN2O6S/c1-5-34-20-12-16(6-11-19(20)35-15(3)30)13-21-24(31)29-23(17-7-9-18(27)10-8-17)22(25(32)33-4)14(2)28-26(29)36-21/h6-13,23H,5H2,1-4H3/b21-13-. The highest BCUT2D eigenvalue weighted by atomic mass is 35.5. The van der Waals surface area contributed by atoms with Gasteiger partial charge in [0.1, 0.15) is 0 Å². The number of hydrogen-bond acceptors (Lipinski definition) is 8. The van der Waals surface area contributed by atoms with E-state index in [1.54, 1.807) is 55.5 Å². The highest BCUT2D eigenvalue weighted by Gasteiger charge is 2.33. The normalized spacial score (nSPS) is 15.2. The molecule has 0 amide bonds. The molecule has 2 heterocycles. The van der Waals surface area contributed by atoms with Crippen LogP contribution in [-0.4, -0.2) is 30.2 Å². The molecule has 0 spiro atoms. The van der Waals surface area contributed by atoms with Crippen molar-refractivity contribution in [2.24, 2.45) is 4.99 Å². The summed E-state index contributed by atoms with van der Waals surface area (Å²) in [6, 6.07) is 11.3. The summed E-state index contributed by atoms with van der Waals surface area (Å²) in [5.41, 5.74) is 1.81. The molecular formula is C26H23ClN2O6S. The first-order valence-electron chi connectivity index (χ1n) is 11.0. The molecule has 0 saturated carbocycles. The van der Waals surface area contributed by atoms with Crippen LogP contribution >= 0.6 is 22.9 Å². The van der Waals surface area contributed by atoms with Crippen molar-refractivity contribution in [3.8, 4) is 11.5 Å². The van der Waals surface area contributed by atoms with Crippen LogP contribution in [-0.2, 0) is 14.3 Å². The first-order valence-corrected chi connectivity index (χ1v) is 12.2. The van der Waals surface area contributed by atoms with Crippen molar-refractivity contribution in [3.05, 3.63) is 89.6 Å². The van der Waals surface area contributed by atoms with Gasteiger partial charge in [-0.1, -0.05) is 41.1 Å². The largest absolute Gasteiger partial charge is 0.490 e. The second-order valence-electron chi connectivity index (χ2n) is 7.86. The predicted octanol–water partition coefficient (Wildman–Crippen LogP) is 3.39. The topological polar surface area (TPSA) is 96.2 Å². The number of rotatable bonds is 6. The Labute approximate surface area is 215 Å². The zero-order valence-corrected chi connectivity index (χ0v) is 21.6. The van der Waals surface area contributed by atoms with Crippen molar-refractivity contribution in [2.45, 2.75) is 26.8 Å². The lowest BCUT2D eigenvalue weighted by molar-refractivity contribution is -0.136. The summed E-state index contributed by atoms with van der Waals surface area (Å²) in [7, 11) is 1.29. The molecular weight excluding hydrogens is 504 g/mol. The number of thiazole rings is 1. The predicted molar refractivity (Wildman–Crippen MR) is 136 cm³/mol. The maximum atomic E-state index is 13.6. The van der Waals surface area contributed by atoms with Crippen LogP contribution < -0.4 is 24.4 Å². The molecule has 1 atom stereocenters. The van der Waals surface area contributed by atoms with Gasteiger partial charge < -0.3 is 14.2 Å². The minimum Gasteiger partial charge on any atom is -0.490 e. The van der Waals surface area contributed by atoms with E-state index >= 15 is 0 Å². The van der Waals surface area contributed by atoms with Crippen molar-refractivity contribution in [1.82, 2.24) is 4.57 Å². The Balaban J connectivity index is 1.89. The molecule has 10 heteroatoms. The van der Waals surface area contributed by atoms with Crippen LogP contribution in [0.15, 0.2) is 63.5 Å². The fourth-order valence-electron chi connectivity index (χ4n) is 3.93. The molecule has 186 valence electrons. The van der Waals surface area contributed by atoms with E-state index in [-0.39, 0.29) is 11.1 Å². The molecule has 3 aromatic rings. The molecule has 0 saturated heterocycles. The lowest BCUT2D eigenvalue weighted by Crippen LogP contribution is -2.39. The van der Waals surface area contributed by atoms with Crippen LogP contribution in [0.4, 0.5) is 0 Å². The molecule has 0 N–H and O–H groups in total. The summed E-state index contributed by atoms with van der Waals surface area (Å²) in [6.45, 7) is 5.22. The highest BCUT2D eigenvalue weighted by molar-refractivity contribution is 7.07. The van der Waals surface area contributed by atoms with Gasteiger partial charge in [-0.3, -0.25) is 14.2 Å². The third-order valence-corrected chi connectivity index (χ3v) is 6.67. The van der Waals surface area contributed by atoms with Gasteiger partial charge in [0.05, 0.1) is 35.6 Å². The lowest BCUT2D eigenvalue weighted by Gasteiger charge is -2.24. The van der Waals surface area contributed by atoms with Gasteiger partial charge in [0, 0.05) is 11.9 Å². The van der Waals surface area contributed by atoms with Gasteiger partial charge in [0.15, 0.2) is 16.3 Å². The van der Waals surface area contributed by atoms with E-state index in [1.165, 1.54) is 29.9 Å². The molecule has 8 nitrogen and oxygen atoms in total. The Kier molecular flexibility index (Phi) is 7.42. The molecule has 36 heavy (non-hydrogen) atoms. The van der Waals surface area contributed by atoms with E-state index in [4.69, 9.17) is 25.8 Å². The number of aromatic nitrogens is 1. The van der Waals surface area contributed by atoms with Crippen molar-refractivity contribution < 1.29 is 23.8 Å². The van der Waals surface area contributed by atoms with Crippen LogP contribution in [0.1, 0.15) is 37.9 Å². The number of ether oxygens (including phenoxy) is 3. The van der Waals surface area contributed by atoms with Crippen LogP contribution in [0.2, 0.25) is 5.02 Å². The summed E-state index contributed by atoms with van der Waals surface area (Å²) in [5, 5.41) is 0.536. The number of hydrogen-bond donors (Lipinski definition) is 0. The van der Waals surface area contributed by atoms with Crippen molar-refractivity contribution in [2.75, 3.05) is 13.7 Å². The maximum Gasteiger partial charge on any atom is 0.338 e. The molecule has 1 aliphatic rings. The number of carbonyl (C=O) groups excluding carboxylic acids is 2. The van der Waals surface area contributed by atoms with Crippen LogP contribution in [0, 0.1) is 0 Å². The molecule has 2 aromatic carbocycles. The zero-order chi connectivity index (χ0) is 26.0. The molecule has 0 fully saturated rings. The van der Waals surface area contributed by atoms with E-state index in [1.807, 2.05) is 6.92 Å². The molecule has 4 rings (SSSR count). The SMILES string of the molecule is CCOc1cc(/C=c2\sc3n(c2=O)C(c2ccc(Cl)cc2)C(C(=O)OC)=C(C)N=3)ccc1OC(C)=O. The Hall–Kier alpha value is -3.69. The minimum absolute atomic E-state index is 0.281. The quantitative estimate of drug-likeness (QED) is 0.361. The van der Waals surface area contributed by atoms with Gasteiger partial charge in [0.25, 0.3) is 5.56 Å². The Bertz CT molecular complexity index is 1550. The van der Waals surface area contributed by atoms with Gasteiger partial charge in [-0.05, 0) is 55.3 Å². The van der Waals surface area contributed by atoms with Gasteiger partial charge in [-0.15, -0.1) is 0 Å². The molecule has 0 radical (unpaired) electrons. The molecule has 1 unspecified atom stereocenters. The average Bonchev–Trinajstić information content (AvgIpc) is 3.14. The van der Waals surface area contributed by atoms with Crippen LogP contribution in [0.5, 0.6) is 11.5 Å². The van der Waals surface area contributed by atoms with Crippen molar-refractivity contribution in [3.63, 3.8) is 0 Å². The summed E-state index contributed by atoms with van der Waals surface area (Å²) in [5.74, 6) is -0.343. The maximum absolute atomic E-state index is 13.6. The summed E-state index contributed by atoms with van der Waals surface area (Å²) in [4.78, 5) is 42.8. The molecule has 1 aromatic heterocycles. The number of carbonyl (C=O) groups is 2. The molecule has 0 bridgehead atoms. The highest BCUT2D eigenvalue weighted by Crippen LogP contribution is 2.31. The van der Waals surface area contributed by atoms with Gasteiger partial charge >= 0.3 is 11.9 Å². The number of halogens is 1. The zero-order valence-electron chi connectivity index (χ0n) is 20.0. The van der Waals surface area contributed by atoms with Gasteiger partial charge in [-0.2, -0.15) is 0 Å². The number of methoxy groups -OCH3 is 1. The van der Waals surface area contributed by atoms with E-state index < -0.39 is 18.0 Å². The lowest BCUT2D eigenvalue weighted by atomic mass is 9.96. The van der Waals surface area contributed by atoms with Crippen molar-refractivity contribution in [1.29, 1.82) is 0 Å². The first-order chi connectivity index (χ1) is 17.2. The third-order valence-electron chi connectivity index (χ3n) is 5.43. The molecule has 1 aliphatic heterocycles. The monoisotopic (exact) mass is 526 g/mol. The van der Waals surface area contributed by atoms with E-state index in [2.05, 4.69) is 4.99 Å². The Morgan fingerprint density at radius 1 is 1.17 bits per heavy atom. The summed E-state index contributed by atoms with van der Waals surface area (Å²) in [6.07, 6.45) is 1.71. The second kappa shape index (κ2) is 10.5. The average molecular weight is 527 g/mol. The third kappa shape index (κ3) is 4.98. The number of fused-ring (bicyclic) bond motifs is 1. The van der Waals surface area contributed by atoms with Gasteiger partial charge in [-0.25, -0.2) is 9.79 Å². The Morgan fingerprint density at radius 3 is 2.53 bits per heavy atom. The minimum atomic E-state index is -0.724. The number of allylic oxidation sites excluding steroid dienone is 1. The van der Waals surface area contributed by atoms with Gasteiger partial charge in [0.2, 0.25) is 0 Å². The van der Waals surface area contributed by atoms with Crippen molar-refractivity contribution >= 4 is 41.0 Å².